The fourth-order valence-corrected chi connectivity index (χ4v) is 2.06. The van der Waals surface area contributed by atoms with Gasteiger partial charge in [0, 0.05) is 11.4 Å². The number of anilines is 2. The lowest BCUT2D eigenvalue weighted by Crippen LogP contribution is -2.31. The molecule has 0 saturated carbocycles. The first-order valence-electron chi connectivity index (χ1n) is 7.10. The van der Waals surface area contributed by atoms with E-state index >= 15 is 0 Å². The van der Waals surface area contributed by atoms with Crippen LogP contribution in [0.3, 0.4) is 0 Å². The average Bonchev–Trinajstić information content (AvgIpc) is 2.49. The Morgan fingerprint density at radius 2 is 1.71 bits per heavy atom. The summed E-state index contributed by atoms with van der Waals surface area (Å²) in [6.07, 6.45) is 1.01. The second kappa shape index (κ2) is 6.79. The Morgan fingerprint density at radius 1 is 1.10 bits per heavy atom. The van der Waals surface area contributed by atoms with E-state index in [4.69, 9.17) is 5.73 Å². The van der Waals surface area contributed by atoms with Crippen LogP contribution in [-0.4, -0.2) is 6.03 Å². The summed E-state index contributed by atoms with van der Waals surface area (Å²) < 4.78 is 0. The van der Waals surface area contributed by atoms with Gasteiger partial charge in [-0.15, -0.1) is 0 Å². The molecular formula is C17H21N3O. The number of aryl methyl sites for hydroxylation is 1. The summed E-state index contributed by atoms with van der Waals surface area (Å²) in [7, 11) is 0. The van der Waals surface area contributed by atoms with Crippen LogP contribution in [0.4, 0.5) is 16.2 Å². The van der Waals surface area contributed by atoms with Gasteiger partial charge in [0.25, 0.3) is 0 Å². The molecule has 2 rings (SSSR count). The molecule has 2 amide bonds. The van der Waals surface area contributed by atoms with E-state index in [0.29, 0.717) is 5.69 Å². The third-order valence-corrected chi connectivity index (χ3v) is 3.40. The molecule has 4 nitrogen and oxygen atoms in total. The highest BCUT2D eigenvalue weighted by atomic mass is 16.2. The van der Waals surface area contributed by atoms with Gasteiger partial charge >= 0.3 is 6.03 Å². The first kappa shape index (κ1) is 14.9. The Bertz CT molecular complexity index is 590. The van der Waals surface area contributed by atoms with Crippen molar-refractivity contribution in [1.82, 2.24) is 5.32 Å². The van der Waals surface area contributed by atoms with Gasteiger partial charge in [-0.05, 0) is 48.7 Å². The summed E-state index contributed by atoms with van der Waals surface area (Å²) in [5, 5.41) is 5.70. The quantitative estimate of drug-likeness (QED) is 0.749. The molecule has 21 heavy (non-hydrogen) atoms. The molecule has 2 aromatic carbocycles. The molecule has 0 aromatic heterocycles. The Labute approximate surface area is 125 Å². The van der Waals surface area contributed by atoms with Crippen molar-refractivity contribution in [2.75, 3.05) is 11.1 Å². The molecule has 0 aliphatic rings. The summed E-state index contributed by atoms with van der Waals surface area (Å²) in [6.45, 7) is 4.08. The Hall–Kier alpha value is -2.49. The molecule has 2 aromatic rings. The van der Waals surface area contributed by atoms with E-state index < -0.39 is 0 Å². The highest BCUT2D eigenvalue weighted by molar-refractivity contribution is 5.89. The van der Waals surface area contributed by atoms with Gasteiger partial charge in [0.05, 0.1) is 6.04 Å². The maximum Gasteiger partial charge on any atom is 0.319 e. The third-order valence-electron chi connectivity index (χ3n) is 3.40. The van der Waals surface area contributed by atoms with Crippen LogP contribution in [0.1, 0.15) is 31.0 Å². The number of benzene rings is 2. The molecule has 0 fully saturated rings. The molecule has 0 aliphatic heterocycles. The van der Waals surface area contributed by atoms with E-state index in [1.54, 1.807) is 24.3 Å². The van der Waals surface area contributed by atoms with Gasteiger partial charge in [0.15, 0.2) is 0 Å². The van der Waals surface area contributed by atoms with Gasteiger partial charge in [-0.25, -0.2) is 4.79 Å². The number of hydrogen-bond acceptors (Lipinski definition) is 2. The molecule has 0 aliphatic carbocycles. The lowest BCUT2D eigenvalue weighted by molar-refractivity contribution is 0.249. The number of rotatable bonds is 4. The number of amides is 2. The highest BCUT2D eigenvalue weighted by Gasteiger charge is 2.09. The number of nitrogens with two attached hydrogens (primary N) is 1. The van der Waals surface area contributed by atoms with Gasteiger partial charge in [-0.1, -0.05) is 31.2 Å². The summed E-state index contributed by atoms with van der Waals surface area (Å²) in [6, 6.07) is 15.0. The van der Waals surface area contributed by atoms with Crippen molar-refractivity contribution >= 4 is 17.4 Å². The van der Waals surface area contributed by atoms with E-state index in [1.807, 2.05) is 19.1 Å². The van der Waals surface area contributed by atoms with Crippen molar-refractivity contribution in [3.05, 3.63) is 59.7 Å². The van der Waals surface area contributed by atoms with Crippen molar-refractivity contribution in [3.8, 4) is 0 Å². The van der Waals surface area contributed by atoms with Crippen molar-refractivity contribution < 1.29 is 4.79 Å². The minimum Gasteiger partial charge on any atom is -0.399 e. The monoisotopic (exact) mass is 283 g/mol. The second-order valence-electron chi connectivity index (χ2n) is 5.04. The number of nitrogens with one attached hydrogen (secondary N) is 2. The molecule has 4 heteroatoms. The lowest BCUT2D eigenvalue weighted by atomic mass is 10.1. The largest absolute Gasteiger partial charge is 0.399 e. The maximum atomic E-state index is 12.0. The molecule has 4 N–H and O–H groups in total. The van der Waals surface area contributed by atoms with Crippen molar-refractivity contribution in [3.63, 3.8) is 0 Å². The first-order chi connectivity index (χ1) is 10.1. The summed E-state index contributed by atoms with van der Waals surface area (Å²) in [5.41, 5.74) is 9.37. The molecule has 0 saturated heterocycles. The minimum atomic E-state index is -0.230. The standard InChI is InChI=1S/C17H21N3O/c1-3-13-4-6-14(7-5-13)12(2)19-17(21)20-16-10-8-15(18)9-11-16/h4-12H,3,18H2,1-2H3,(H2,19,20,21). The van der Waals surface area contributed by atoms with E-state index in [2.05, 4.69) is 29.7 Å². The fraction of sp³-hybridized carbons (Fsp3) is 0.235. The number of urea groups is 1. The molecule has 0 radical (unpaired) electrons. The van der Waals surface area contributed by atoms with E-state index in [9.17, 15) is 4.79 Å². The van der Waals surface area contributed by atoms with E-state index in [1.165, 1.54) is 5.56 Å². The lowest BCUT2D eigenvalue weighted by Gasteiger charge is -2.15. The van der Waals surface area contributed by atoms with Crippen LogP contribution >= 0.6 is 0 Å². The highest BCUT2D eigenvalue weighted by Crippen LogP contribution is 2.15. The van der Waals surface area contributed by atoms with Gasteiger partial charge in [-0.3, -0.25) is 0 Å². The Kier molecular flexibility index (Phi) is 4.82. The molecule has 0 spiro atoms. The first-order valence-corrected chi connectivity index (χ1v) is 7.10. The fourth-order valence-electron chi connectivity index (χ4n) is 2.06. The number of nitrogen functional groups attached to an aromatic ring is 1. The van der Waals surface area contributed by atoms with Crippen LogP contribution in [0.5, 0.6) is 0 Å². The smallest absolute Gasteiger partial charge is 0.319 e. The SMILES string of the molecule is CCc1ccc(C(C)NC(=O)Nc2ccc(N)cc2)cc1. The van der Waals surface area contributed by atoms with Crippen LogP contribution in [-0.2, 0) is 6.42 Å². The number of hydrogen-bond donors (Lipinski definition) is 3. The van der Waals surface area contributed by atoms with Gasteiger partial charge in [0.2, 0.25) is 0 Å². The molecule has 1 atom stereocenters. The van der Waals surface area contributed by atoms with E-state index in [-0.39, 0.29) is 12.1 Å². The van der Waals surface area contributed by atoms with Crippen LogP contribution in [0.15, 0.2) is 48.5 Å². The predicted molar refractivity (Wildman–Crippen MR) is 87.2 cm³/mol. The third kappa shape index (κ3) is 4.24. The predicted octanol–water partition coefficient (Wildman–Crippen LogP) is 3.71. The average molecular weight is 283 g/mol. The molecule has 0 bridgehead atoms. The van der Waals surface area contributed by atoms with Crippen LogP contribution < -0.4 is 16.4 Å². The van der Waals surface area contributed by atoms with Gasteiger partial charge in [0.1, 0.15) is 0 Å². The van der Waals surface area contributed by atoms with Crippen LogP contribution in [0.2, 0.25) is 0 Å². The normalized spacial score (nSPS) is 11.7. The molecule has 1 unspecified atom stereocenters. The Morgan fingerprint density at radius 3 is 2.29 bits per heavy atom. The zero-order chi connectivity index (χ0) is 15.2. The van der Waals surface area contributed by atoms with Gasteiger partial charge < -0.3 is 16.4 Å². The van der Waals surface area contributed by atoms with Crippen molar-refractivity contribution in [2.24, 2.45) is 0 Å². The number of carbonyl (C=O) groups is 1. The topological polar surface area (TPSA) is 67.2 Å². The maximum absolute atomic E-state index is 12.0. The Balaban J connectivity index is 1.93. The second-order valence-corrected chi connectivity index (χ2v) is 5.04. The molecule has 0 heterocycles. The van der Waals surface area contributed by atoms with Crippen LogP contribution in [0, 0.1) is 0 Å². The zero-order valence-corrected chi connectivity index (χ0v) is 12.4. The summed E-state index contributed by atoms with van der Waals surface area (Å²) in [4.78, 5) is 12.0. The van der Waals surface area contributed by atoms with Crippen molar-refractivity contribution in [1.29, 1.82) is 0 Å². The van der Waals surface area contributed by atoms with E-state index in [0.717, 1.165) is 17.7 Å². The van der Waals surface area contributed by atoms with Gasteiger partial charge in [-0.2, -0.15) is 0 Å². The molecule has 110 valence electrons. The summed E-state index contributed by atoms with van der Waals surface area (Å²) >= 11 is 0. The number of carbonyl (C=O) groups excluding carboxylic acids is 1. The molecular weight excluding hydrogens is 262 g/mol. The van der Waals surface area contributed by atoms with Crippen molar-refractivity contribution in [2.45, 2.75) is 26.3 Å². The zero-order valence-electron chi connectivity index (χ0n) is 12.4. The van der Waals surface area contributed by atoms with Crippen LogP contribution in [0.25, 0.3) is 0 Å². The minimum absolute atomic E-state index is 0.0512. The summed E-state index contributed by atoms with van der Waals surface area (Å²) in [5.74, 6) is 0.